The third-order valence-electron chi connectivity index (χ3n) is 3.92. The van der Waals surface area contributed by atoms with Crippen LogP contribution in [0.5, 0.6) is 5.75 Å². The Balaban J connectivity index is 2.19. The number of hydrogen-bond donors (Lipinski definition) is 1. The third-order valence-corrected chi connectivity index (χ3v) is 5.56. The molecule has 0 bridgehead atoms. The fourth-order valence-corrected chi connectivity index (χ4v) is 4.43. The van der Waals surface area contributed by atoms with Crippen molar-refractivity contribution >= 4 is 61.9 Å². The highest BCUT2D eigenvalue weighted by atomic mass is 127. The third kappa shape index (κ3) is 3.45. The van der Waals surface area contributed by atoms with Gasteiger partial charge in [-0.3, -0.25) is 4.79 Å². The highest BCUT2D eigenvalue weighted by Crippen LogP contribution is 2.36. The quantitative estimate of drug-likeness (QED) is 0.296. The van der Waals surface area contributed by atoms with E-state index < -0.39 is 11.7 Å². The van der Waals surface area contributed by atoms with E-state index in [1.165, 1.54) is 6.07 Å². The molecular weight excluding hydrogens is 575 g/mol. The van der Waals surface area contributed by atoms with Crippen LogP contribution in [0, 0.1) is 7.14 Å². The van der Waals surface area contributed by atoms with E-state index in [4.69, 9.17) is 4.42 Å². The van der Waals surface area contributed by atoms with Crippen molar-refractivity contribution in [2.75, 3.05) is 0 Å². The lowest BCUT2D eigenvalue weighted by atomic mass is 9.98. The highest BCUT2D eigenvalue weighted by molar-refractivity contribution is 14.1. The molecule has 3 rings (SSSR count). The van der Waals surface area contributed by atoms with Gasteiger partial charge < -0.3 is 9.52 Å². The van der Waals surface area contributed by atoms with Crippen molar-refractivity contribution in [2.45, 2.75) is 19.5 Å². The maximum atomic E-state index is 13.0. The maximum Gasteiger partial charge on any atom is 0.416 e. The number of rotatable bonds is 3. The number of hydrogen-bond acceptors (Lipinski definition) is 3. The smallest absolute Gasteiger partial charge is 0.416 e. The van der Waals surface area contributed by atoms with Crippen LogP contribution in [-0.2, 0) is 12.6 Å². The molecule has 1 aromatic heterocycles. The lowest BCUT2D eigenvalue weighted by molar-refractivity contribution is -0.137. The van der Waals surface area contributed by atoms with Gasteiger partial charge >= 0.3 is 6.18 Å². The Morgan fingerprint density at radius 2 is 1.77 bits per heavy atom. The van der Waals surface area contributed by atoms with Crippen molar-refractivity contribution < 1.29 is 27.5 Å². The summed E-state index contributed by atoms with van der Waals surface area (Å²) in [5.41, 5.74) is -0.195. The summed E-state index contributed by atoms with van der Waals surface area (Å²) in [7, 11) is 0. The lowest BCUT2D eigenvalue weighted by Gasteiger charge is -2.07. The number of halogens is 5. The Bertz CT molecular complexity index is 999. The lowest BCUT2D eigenvalue weighted by Crippen LogP contribution is -2.06. The highest BCUT2D eigenvalue weighted by Gasteiger charge is 2.32. The number of fused-ring (bicyclic) bond motifs is 1. The predicted molar refractivity (Wildman–Crippen MR) is 108 cm³/mol. The number of ketones is 1. The molecule has 0 fully saturated rings. The number of carbonyl (C=O) groups is 1. The molecule has 136 valence electrons. The molecule has 0 radical (unpaired) electrons. The zero-order valence-corrected chi connectivity index (χ0v) is 17.6. The van der Waals surface area contributed by atoms with Crippen molar-refractivity contribution in [3.63, 3.8) is 0 Å². The van der Waals surface area contributed by atoms with Crippen molar-refractivity contribution in [1.29, 1.82) is 0 Å². The molecule has 2 aromatic carbocycles. The molecule has 0 atom stereocenters. The van der Waals surface area contributed by atoms with E-state index >= 15 is 0 Å². The first-order valence-electron chi connectivity index (χ1n) is 7.48. The predicted octanol–water partition coefficient (Wildman–Crippen LogP) is 6.16. The van der Waals surface area contributed by atoms with Crippen LogP contribution in [0.3, 0.4) is 0 Å². The number of aromatic hydroxyl groups is 1. The second-order valence-electron chi connectivity index (χ2n) is 5.58. The Morgan fingerprint density at radius 3 is 2.31 bits per heavy atom. The summed E-state index contributed by atoms with van der Waals surface area (Å²) >= 11 is 3.84. The molecule has 3 nitrogen and oxygen atoms in total. The second-order valence-corrected chi connectivity index (χ2v) is 7.90. The van der Waals surface area contributed by atoms with Crippen LogP contribution in [0.15, 0.2) is 34.7 Å². The average Bonchev–Trinajstić information content (AvgIpc) is 2.95. The molecule has 0 aliphatic rings. The first-order valence-corrected chi connectivity index (χ1v) is 9.64. The average molecular weight is 586 g/mol. The first kappa shape index (κ1) is 19.5. The van der Waals surface area contributed by atoms with Gasteiger partial charge in [-0.2, -0.15) is 13.2 Å². The molecule has 0 saturated carbocycles. The molecule has 1 N–H and O–H groups in total. The number of furan rings is 1. The van der Waals surface area contributed by atoms with E-state index in [0.717, 1.165) is 12.1 Å². The molecule has 26 heavy (non-hydrogen) atoms. The fraction of sp³-hybridized carbons (Fsp3) is 0.167. The van der Waals surface area contributed by atoms with Gasteiger partial charge in [0.1, 0.15) is 17.1 Å². The molecule has 0 amide bonds. The molecule has 0 unspecified atom stereocenters. The van der Waals surface area contributed by atoms with Crippen LogP contribution in [0.25, 0.3) is 11.0 Å². The van der Waals surface area contributed by atoms with Gasteiger partial charge in [0.05, 0.1) is 18.3 Å². The molecule has 8 heteroatoms. The molecule has 1 heterocycles. The molecule has 0 aliphatic heterocycles. The monoisotopic (exact) mass is 586 g/mol. The van der Waals surface area contributed by atoms with Crippen molar-refractivity contribution in [1.82, 2.24) is 0 Å². The number of alkyl halides is 3. The maximum absolute atomic E-state index is 13.0. The minimum absolute atomic E-state index is 0.0307. The van der Waals surface area contributed by atoms with Crippen molar-refractivity contribution in [3.8, 4) is 5.75 Å². The van der Waals surface area contributed by atoms with Crippen LogP contribution in [-0.4, -0.2) is 10.9 Å². The van der Waals surface area contributed by atoms with Gasteiger partial charge in [0, 0.05) is 17.4 Å². The van der Waals surface area contributed by atoms with Crippen LogP contribution in [0.4, 0.5) is 13.2 Å². The summed E-state index contributed by atoms with van der Waals surface area (Å²) in [4.78, 5) is 13.0. The van der Waals surface area contributed by atoms with Crippen LogP contribution < -0.4 is 0 Å². The molecule has 3 aromatic rings. The standard InChI is InChI=1S/C18H11F3I2O3/c1-2-13-15(16(24)8-5-11(22)17(25)12(23)6-8)10-4-3-9(18(19,20)21)7-14(10)26-13/h3-7,25H,2H2,1H3. The van der Waals surface area contributed by atoms with Crippen molar-refractivity contribution in [2.24, 2.45) is 0 Å². The zero-order valence-electron chi connectivity index (χ0n) is 13.2. The first-order chi connectivity index (χ1) is 12.1. The summed E-state index contributed by atoms with van der Waals surface area (Å²) in [5, 5.41) is 10.2. The molecule has 0 spiro atoms. The Labute approximate surface area is 173 Å². The van der Waals surface area contributed by atoms with Gasteiger partial charge in [0.2, 0.25) is 0 Å². The zero-order chi connectivity index (χ0) is 19.2. The van der Waals surface area contributed by atoms with E-state index in [1.807, 2.05) is 45.2 Å². The number of phenols is 1. The minimum Gasteiger partial charge on any atom is -0.506 e. The largest absolute Gasteiger partial charge is 0.506 e. The summed E-state index contributed by atoms with van der Waals surface area (Å²) in [5.74, 6) is 0.0731. The number of carbonyl (C=O) groups excluding carboxylic acids is 1. The SMILES string of the molecule is CCc1oc2cc(C(F)(F)F)ccc2c1C(=O)c1cc(I)c(O)c(I)c1. The van der Waals surface area contributed by atoms with E-state index in [9.17, 15) is 23.1 Å². The second kappa shape index (κ2) is 7.02. The van der Waals surface area contributed by atoms with Gasteiger partial charge in [0.15, 0.2) is 5.78 Å². The summed E-state index contributed by atoms with van der Waals surface area (Å²) in [6, 6.07) is 6.21. The Kier molecular flexibility index (Phi) is 5.26. The van der Waals surface area contributed by atoms with Gasteiger partial charge in [-0.1, -0.05) is 6.92 Å². The number of phenolic OH excluding ortho intramolecular Hbond substituents is 1. The Morgan fingerprint density at radius 1 is 1.15 bits per heavy atom. The summed E-state index contributed by atoms with van der Waals surface area (Å²) in [6.45, 7) is 1.77. The van der Waals surface area contributed by atoms with E-state index in [1.54, 1.807) is 19.1 Å². The summed E-state index contributed by atoms with van der Waals surface area (Å²) in [6.07, 6.45) is -4.12. The fourth-order valence-electron chi connectivity index (χ4n) is 2.66. The molecular formula is C18H11F3I2O3. The number of benzene rings is 2. The van der Waals surface area contributed by atoms with E-state index in [0.29, 0.717) is 30.3 Å². The van der Waals surface area contributed by atoms with Gasteiger partial charge in [-0.15, -0.1) is 0 Å². The van der Waals surface area contributed by atoms with E-state index in [-0.39, 0.29) is 22.7 Å². The summed E-state index contributed by atoms with van der Waals surface area (Å²) < 4.78 is 45.3. The topological polar surface area (TPSA) is 50.4 Å². The van der Waals surface area contributed by atoms with E-state index in [2.05, 4.69) is 0 Å². The Hall–Kier alpha value is -1.30. The minimum atomic E-state index is -4.49. The number of aryl methyl sites for hydroxylation is 1. The van der Waals surface area contributed by atoms with Crippen molar-refractivity contribution in [3.05, 3.63) is 59.9 Å². The molecule has 0 saturated heterocycles. The van der Waals surface area contributed by atoms with Gasteiger partial charge in [-0.05, 0) is 75.5 Å². The van der Waals surface area contributed by atoms with Crippen LogP contribution in [0.1, 0.15) is 34.2 Å². The van der Waals surface area contributed by atoms with Crippen LogP contribution in [0.2, 0.25) is 0 Å². The molecule has 0 aliphatic carbocycles. The normalized spacial score (nSPS) is 11.9. The van der Waals surface area contributed by atoms with Gasteiger partial charge in [0.25, 0.3) is 0 Å². The van der Waals surface area contributed by atoms with Gasteiger partial charge in [-0.25, -0.2) is 0 Å². The van der Waals surface area contributed by atoms with Crippen LogP contribution >= 0.6 is 45.2 Å².